The molecule has 10 heteroatoms. The predicted molar refractivity (Wildman–Crippen MR) is 90.7 cm³/mol. The van der Waals surface area contributed by atoms with Crippen LogP contribution in [0.25, 0.3) is 0 Å². The number of anilines is 1. The van der Waals surface area contributed by atoms with Crippen LogP contribution in [-0.2, 0) is 10.0 Å². The lowest BCUT2D eigenvalue weighted by Gasteiger charge is -2.24. The highest BCUT2D eigenvalue weighted by molar-refractivity contribution is 7.93. The Labute approximate surface area is 152 Å². The molecule has 27 heavy (non-hydrogen) atoms. The molecule has 6 nitrogen and oxygen atoms in total. The van der Waals surface area contributed by atoms with Crippen molar-refractivity contribution in [1.29, 1.82) is 0 Å². The Bertz CT molecular complexity index is 1010. The number of para-hydroxylation sites is 2. The summed E-state index contributed by atoms with van der Waals surface area (Å²) in [5, 5.41) is 0. The molecule has 2 aromatic carbocycles. The van der Waals surface area contributed by atoms with Crippen molar-refractivity contribution < 1.29 is 26.3 Å². The van der Waals surface area contributed by atoms with E-state index in [0.717, 1.165) is 18.5 Å². The minimum absolute atomic E-state index is 0.256. The third-order valence-electron chi connectivity index (χ3n) is 3.30. The summed E-state index contributed by atoms with van der Waals surface area (Å²) in [7, 11) is -5.10. The average Bonchev–Trinajstić information content (AvgIpc) is 2.62. The first-order valence-electron chi connectivity index (χ1n) is 7.51. The van der Waals surface area contributed by atoms with E-state index in [-0.39, 0.29) is 11.5 Å². The van der Waals surface area contributed by atoms with Gasteiger partial charge in [-0.2, -0.15) is 0 Å². The molecule has 0 saturated heterocycles. The van der Waals surface area contributed by atoms with Crippen LogP contribution in [0.2, 0.25) is 0 Å². The van der Waals surface area contributed by atoms with Gasteiger partial charge in [0.2, 0.25) is 5.95 Å². The van der Waals surface area contributed by atoms with Gasteiger partial charge in [0.15, 0.2) is 0 Å². The maximum atomic E-state index is 13.6. The summed E-state index contributed by atoms with van der Waals surface area (Å²) in [6, 6.07) is 14.4. The number of halogens is 3. The normalized spacial score (nSPS) is 11.8. The van der Waals surface area contributed by atoms with E-state index in [4.69, 9.17) is 4.74 Å². The molecular formula is C17H12F3N3O3S. The first-order valence-corrected chi connectivity index (χ1v) is 8.95. The van der Waals surface area contributed by atoms with E-state index in [2.05, 4.69) is 9.97 Å². The third-order valence-corrected chi connectivity index (χ3v) is 5.05. The van der Waals surface area contributed by atoms with Crippen molar-refractivity contribution in [3.63, 3.8) is 0 Å². The number of hydrogen-bond donors (Lipinski definition) is 0. The Kier molecular flexibility index (Phi) is 5.00. The summed E-state index contributed by atoms with van der Waals surface area (Å²) in [6.07, 6.45) is -3.24. The monoisotopic (exact) mass is 395 g/mol. The molecular weight excluding hydrogens is 383 g/mol. The zero-order valence-corrected chi connectivity index (χ0v) is 14.4. The summed E-state index contributed by atoms with van der Waals surface area (Å²) < 4.78 is 71.1. The molecule has 0 aliphatic carbocycles. The molecule has 0 bridgehead atoms. The smallest absolute Gasteiger partial charge is 0.456 e. The van der Waals surface area contributed by atoms with Crippen LogP contribution in [0.4, 0.5) is 19.1 Å². The number of rotatable bonds is 5. The van der Waals surface area contributed by atoms with E-state index in [1.807, 2.05) is 0 Å². The van der Waals surface area contributed by atoms with Crippen LogP contribution in [0, 0.1) is 0 Å². The maximum Gasteiger partial charge on any atom is 0.501 e. The van der Waals surface area contributed by atoms with Crippen molar-refractivity contribution >= 4 is 16.0 Å². The lowest BCUT2D eigenvalue weighted by molar-refractivity contribution is -0.116. The minimum atomic E-state index is -5.28. The van der Waals surface area contributed by atoms with E-state index < -0.39 is 31.5 Å². The summed E-state index contributed by atoms with van der Waals surface area (Å²) in [5.41, 5.74) is 0. The third kappa shape index (κ3) is 4.00. The minimum Gasteiger partial charge on any atom is -0.456 e. The Morgan fingerprint density at radius 2 is 1.44 bits per heavy atom. The molecule has 1 heterocycles. The first kappa shape index (κ1) is 18.6. The van der Waals surface area contributed by atoms with Gasteiger partial charge in [0.05, 0.1) is 0 Å². The van der Waals surface area contributed by atoms with E-state index in [1.54, 1.807) is 30.3 Å². The maximum absolute atomic E-state index is 13.6. The fraction of sp³-hybridized carbons (Fsp3) is 0.0588. The standard InChI is InChI=1S/C17H12F3N3O3S/c18-17(19,20)23(16-21-11-6-12-22-16)27(24,25)15-10-5-4-9-14(15)26-13-7-2-1-3-8-13/h1-12H. The fourth-order valence-electron chi connectivity index (χ4n) is 2.21. The van der Waals surface area contributed by atoms with E-state index >= 15 is 0 Å². The van der Waals surface area contributed by atoms with Crippen molar-refractivity contribution in [1.82, 2.24) is 9.97 Å². The van der Waals surface area contributed by atoms with Crippen LogP contribution < -0.4 is 9.04 Å². The first-order chi connectivity index (χ1) is 12.8. The van der Waals surface area contributed by atoms with Crippen LogP contribution in [0.5, 0.6) is 11.5 Å². The highest BCUT2D eigenvalue weighted by Gasteiger charge is 2.49. The molecule has 0 atom stereocenters. The predicted octanol–water partition coefficient (Wildman–Crippen LogP) is 3.98. The Morgan fingerprint density at radius 1 is 0.852 bits per heavy atom. The van der Waals surface area contributed by atoms with Gasteiger partial charge in [0.25, 0.3) is 10.0 Å². The van der Waals surface area contributed by atoms with Crippen molar-refractivity contribution in [3.05, 3.63) is 73.1 Å². The molecule has 3 rings (SSSR count). The number of aromatic nitrogens is 2. The van der Waals surface area contributed by atoms with Gasteiger partial charge >= 0.3 is 6.30 Å². The van der Waals surface area contributed by atoms with Crippen LogP contribution >= 0.6 is 0 Å². The zero-order chi connectivity index (χ0) is 19.5. The van der Waals surface area contributed by atoms with Gasteiger partial charge in [-0.1, -0.05) is 30.3 Å². The molecule has 0 aliphatic rings. The van der Waals surface area contributed by atoms with Gasteiger partial charge in [0, 0.05) is 12.4 Å². The lowest BCUT2D eigenvalue weighted by atomic mass is 10.3. The quantitative estimate of drug-likeness (QED) is 0.611. The lowest BCUT2D eigenvalue weighted by Crippen LogP contribution is -2.44. The molecule has 0 aliphatic heterocycles. The molecule has 140 valence electrons. The second-order valence-electron chi connectivity index (χ2n) is 5.15. The topological polar surface area (TPSA) is 72.4 Å². The van der Waals surface area contributed by atoms with Crippen molar-refractivity contribution in [2.45, 2.75) is 11.2 Å². The van der Waals surface area contributed by atoms with Crippen LogP contribution in [0.3, 0.4) is 0 Å². The number of hydrogen-bond acceptors (Lipinski definition) is 5. The Morgan fingerprint density at radius 3 is 2.07 bits per heavy atom. The van der Waals surface area contributed by atoms with E-state index in [1.165, 1.54) is 24.3 Å². The van der Waals surface area contributed by atoms with Crippen molar-refractivity contribution in [2.24, 2.45) is 0 Å². The van der Waals surface area contributed by atoms with Gasteiger partial charge in [-0.25, -0.2) is 18.4 Å². The van der Waals surface area contributed by atoms with E-state index in [9.17, 15) is 21.6 Å². The van der Waals surface area contributed by atoms with Crippen LogP contribution in [-0.4, -0.2) is 24.7 Å². The van der Waals surface area contributed by atoms with Crippen LogP contribution in [0.15, 0.2) is 78.0 Å². The van der Waals surface area contributed by atoms with Gasteiger partial charge < -0.3 is 4.74 Å². The Balaban J connectivity index is 2.11. The molecule has 0 fully saturated rings. The number of ether oxygens (including phenoxy) is 1. The zero-order valence-electron chi connectivity index (χ0n) is 13.5. The second-order valence-corrected chi connectivity index (χ2v) is 6.90. The molecule has 1 aromatic heterocycles. The number of nitrogens with zero attached hydrogens (tertiary/aromatic N) is 3. The summed E-state index contributed by atoms with van der Waals surface area (Å²) in [5.74, 6) is -0.997. The summed E-state index contributed by atoms with van der Waals surface area (Å²) in [6.45, 7) is 0. The van der Waals surface area contributed by atoms with Gasteiger partial charge in [-0.3, -0.25) is 0 Å². The highest BCUT2D eigenvalue weighted by atomic mass is 32.2. The molecule has 0 N–H and O–H groups in total. The van der Waals surface area contributed by atoms with Crippen molar-refractivity contribution in [3.8, 4) is 11.5 Å². The molecule has 0 saturated carbocycles. The largest absolute Gasteiger partial charge is 0.501 e. The molecule has 0 unspecified atom stereocenters. The number of benzene rings is 2. The molecule has 0 radical (unpaired) electrons. The fourth-order valence-corrected chi connectivity index (χ4v) is 3.61. The second kappa shape index (κ2) is 7.23. The van der Waals surface area contributed by atoms with Gasteiger partial charge in [-0.15, -0.1) is 17.5 Å². The SMILES string of the molecule is O=S(=O)(c1ccccc1Oc1ccccc1)N(c1ncccn1)C(F)(F)F. The van der Waals surface area contributed by atoms with Gasteiger partial charge in [-0.05, 0) is 30.3 Å². The molecule has 0 amide bonds. The van der Waals surface area contributed by atoms with Gasteiger partial charge in [0.1, 0.15) is 16.4 Å². The Hall–Kier alpha value is -3.14. The van der Waals surface area contributed by atoms with Crippen molar-refractivity contribution in [2.75, 3.05) is 4.31 Å². The van der Waals surface area contributed by atoms with Crippen LogP contribution in [0.1, 0.15) is 0 Å². The highest BCUT2D eigenvalue weighted by Crippen LogP contribution is 2.36. The number of sulfonamides is 1. The summed E-state index contributed by atoms with van der Waals surface area (Å²) >= 11 is 0. The van der Waals surface area contributed by atoms with E-state index in [0.29, 0.717) is 0 Å². The average molecular weight is 395 g/mol. The molecule has 3 aromatic rings. The molecule has 0 spiro atoms. The number of alkyl halides is 3. The summed E-state index contributed by atoms with van der Waals surface area (Å²) in [4.78, 5) is 6.18.